The molecule has 1 fully saturated rings. The Labute approximate surface area is 216 Å². The zero-order valence-corrected chi connectivity index (χ0v) is 21.4. The monoisotopic (exact) mass is 500 g/mol. The summed E-state index contributed by atoms with van der Waals surface area (Å²) in [5.41, 5.74) is 4.65. The lowest BCUT2D eigenvalue weighted by atomic mass is 9.89. The van der Waals surface area contributed by atoms with Crippen molar-refractivity contribution in [3.63, 3.8) is 0 Å². The summed E-state index contributed by atoms with van der Waals surface area (Å²) in [4.78, 5) is 16.3. The molecular weight excluding hydrogens is 467 g/mol. The van der Waals surface area contributed by atoms with Crippen molar-refractivity contribution in [3.8, 4) is 17.3 Å². The fraction of sp³-hybridized carbons (Fsp3) is 0.429. The Morgan fingerprint density at radius 3 is 2.78 bits per heavy atom. The number of likely N-dealkylation sites (tertiary alicyclic amines) is 1. The molecule has 0 radical (unpaired) electrons. The van der Waals surface area contributed by atoms with Gasteiger partial charge < -0.3 is 14.8 Å². The number of fused-ring (bicyclic) bond motifs is 1. The van der Waals surface area contributed by atoms with Gasteiger partial charge in [-0.1, -0.05) is 6.07 Å². The first-order chi connectivity index (χ1) is 18.0. The maximum atomic E-state index is 14.2. The summed E-state index contributed by atoms with van der Waals surface area (Å²) in [6.07, 6.45) is 10.6. The number of nitrogens with one attached hydrogen (secondary N) is 1. The minimum atomic E-state index is -0.149. The maximum Gasteiger partial charge on any atom is 0.141 e. The van der Waals surface area contributed by atoms with Gasteiger partial charge in [0.25, 0.3) is 0 Å². The SMILES string of the molecule is CN(C)Cc1cc(F)cc(CC2CCN(CC(CC#N)n3cc(-c4ncnc5[nH]ccc45)cn3)CC2)c1. The van der Waals surface area contributed by atoms with E-state index in [-0.39, 0.29) is 11.9 Å². The van der Waals surface area contributed by atoms with Crippen LogP contribution in [0.3, 0.4) is 0 Å². The van der Waals surface area contributed by atoms with E-state index in [0.717, 1.165) is 78.9 Å². The van der Waals surface area contributed by atoms with Crippen LogP contribution in [-0.4, -0.2) is 68.3 Å². The Morgan fingerprint density at radius 2 is 2.00 bits per heavy atom. The smallest absolute Gasteiger partial charge is 0.141 e. The summed E-state index contributed by atoms with van der Waals surface area (Å²) in [7, 11) is 4.00. The number of benzene rings is 1. The van der Waals surface area contributed by atoms with Crippen molar-refractivity contribution in [1.82, 2.24) is 34.5 Å². The Bertz CT molecular complexity index is 1380. The fourth-order valence-electron chi connectivity index (χ4n) is 5.41. The van der Waals surface area contributed by atoms with Crippen LogP contribution in [0.15, 0.2) is 49.2 Å². The molecule has 1 aliphatic rings. The highest BCUT2D eigenvalue weighted by molar-refractivity contribution is 5.89. The maximum absolute atomic E-state index is 14.2. The molecule has 0 amide bonds. The highest BCUT2D eigenvalue weighted by atomic mass is 19.1. The zero-order chi connectivity index (χ0) is 25.8. The largest absolute Gasteiger partial charge is 0.346 e. The summed E-state index contributed by atoms with van der Waals surface area (Å²) < 4.78 is 16.1. The van der Waals surface area contributed by atoms with Crippen molar-refractivity contribution in [2.24, 2.45) is 5.92 Å². The molecule has 1 atom stereocenters. The number of H-pyrrole nitrogens is 1. The quantitative estimate of drug-likeness (QED) is 0.366. The third-order valence-electron chi connectivity index (χ3n) is 7.15. The van der Waals surface area contributed by atoms with Crippen molar-refractivity contribution in [1.29, 1.82) is 5.26 Å². The molecule has 4 heterocycles. The predicted molar refractivity (Wildman–Crippen MR) is 141 cm³/mol. The number of nitrogens with zero attached hydrogens (tertiary/aromatic N) is 7. The van der Waals surface area contributed by atoms with E-state index >= 15 is 0 Å². The predicted octanol–water partition coefficient (Wildman–Crippen LogP) is 4.43. The molecule has 0 bridgehead atoms. The number of rotatable bonds is 9. The number of hydrogen-bond acceptors (Lipinski definition) is 6. The van der Waals surface area contributed by atoms with Gasteiger partial charge in [-0.25, -0.2) is 14.4 Å². The first-order valence-corrected chi connectivity index (χ1v) is 12.8. The van der Waals surface area contributed by atoms with E-state index in [2.05, 4.69) is 42.0 Å². The number of hydrogen-bond donors (Lipinski definition) is 1. The second kappa shape index (κ2) is 11.2. The Morgan fingerprint density at radius 1 is 1.19 bits per heavy atom. The van der Waals surface area contributed by atoms with Crippen molar-refractivity contribution < 1.29 is 4.39 Å². The molecule has 4 aromatic rings. The molecule has 1 saturated heterocycles. The van der Waals surface area contributed by atoms with Gasteiger partial charge in [0.1, 0.15) is 17.8 Å². The van der Waals surface area contributed by atoms with E-state index in [0.29, 0.717) is 12.3 Å². The van der Waals surface area contributed by atoms with Crippen LogP contribution >= 0.6 is 0 Å². The average Bonchev–Trinajstić information content (AvgIpc) is 3.54. The van der Waals surface area contributed by atoms with Crippen LogP contribution in [0.25, 0.3) is 22.3 Å². The number of nitriles is 1. The molecule has 192 valence electrons. The number of aromatic amines is 1. The Hall–Kier alpha value is -3.61. The molecule has 5 rings (SSSR count). The van der Waals surface area contributed by atoms with Crippen molar-refractivity contribution in [3.05, 3.63) is 66.1 Å². The molecule has 37 heavy (non-hydrogen) atoms. The van der Waals surface area contributed by atoms with Gasteiger partial charge in [-0.05, 0) is 81.7 Å². The fourth-order valence-corrected chi connectivity index (χ4v) is 5.41. The Kier molecular flexibility index (Phi) is 7.58. The van der Waals surface area contributed by atoms with Crippen LogP contribution in [0.2, 0.25) is 0 Å². The Balaban J connectivity index is 1.21. The molecule has 1 aromatic carbocycles. The van der Waals surface area contributed by atoms with Crippen LogP contribution in [0.4, 0.5) is 4.39 Å². The van der Waals surface area contributed by atoms with E-state index in [1.165, 1.54) is 0 Å². The molecule has 1 aliphatic heterocycles. The third-order valence-corrected chi connectivity index (χ3v) is 7.15. The van der Waals surface area contributed by atoms with Gasteiger partial charge in [-0.3, -0.25) is 4.68 Å². The van der Waals surface area contributed by atoms with Gasteiger partial charge in [0.05, 0.1) is 30.4 Å². The third kappa shape index (κ3) is 6.04. The molecule has 3 aromatic heterocycles. The lowest BCUT2D eigenvalue weighted by Gasteiger charge is -2.34. The van der Waals surface area contributed by atoms with Gasteiger partial charge in [0.15, 0.2) is 0 Å². The second-order valence-electron chi connectivity index (χ2n) is 10.3. The number of aromatic nitrogens is 5. The topological polar surface area (TPSA) is 89.7 Å². The minimum absolute atomic E-state index is 0.0318. The van der Waals surface area contributed by atoms with Gasteiger partial charge in [0, 0.05) is 36.4 Å². The van der Waals surface area contributed by atoms with Crippen LogP contribution in [0, 0.1) is 23.1 Å². The second-order valence-corrected chi connectivity index (χ2v) is 10.3. The lowest BCUT2D eigenvalue weighted by molar-refractivity contribution is 0.158. The molecule has 0 spiro atoms. The molecule has 0 saturated carbocycles. The normalized spacial score (nSPS) is 15.9. The minimum Gasteiger partial charge on any atom is -0.346 e. The first kappa shape index (κ1) is 25.1. The van der Waals surface area contributed by atoms with Gasteiger partial charge in [0.2, 0.25) is 0 Å². The van der Waals surface area contributed by atoms with Gasteiger partial charge in [-0.2, -0.15) is 10.4 Å². The molecule has 1 unspecified atom stereocenters. The van der Waals surface area contributed by atoms with Crippen LogP contribution in [0.5, 0.6) is 0 Å². The molecular formula is C28H33FN8. The van der Waals surface area contributed by atoms with E-state index in [4.69, 9.17) is 0 Å². The molecule has 9 heteroatoms. The average molecular weight is 501 g/mol. The summed E-state index contributed by atoms with van der Waals surface area (Å²) >= 11 is 0. The summed E-state index contributed by atoms with van der Waals surface area (Å²) in [6.45, 7) is 3.45. The summed E-state index contributed by atoms with van der Waals surface area (Å²) in [5.74, 6) is 0.390. The molecule has 1 N–H and O–H groups in total. The standard InChI is InChI=1S/C28H33FN8/c1-35(2)16-22-12-21(13-24(29)14-22)11-20-5-9-36(10-6-20)18-25(3-7-30)37-17-23(15-34-37)27-26-4-8-31-28(26)33-19-32-27/h4,8,12-15,17,19-20,25H,3,5-6,9-11,16,18H2,1-2H3,(H,31,32,33). The first-order valence-electron chi connectivity index (χ1n) is 12.8. The molecule has 8 nitrogen and oxygen atoms in total. The van der Waals surface area contributed by atoms with E-state index in [1.807, 2.05) is 43.4 Å². The van der Waals surface area contributed by atoms with Crippen molar-refractivity contribution >= 4 is 11.0 Å². The van der Waals surface area contributed by atoms with Crippen molar-refractivity contribution in [2.75, 3.05) is 33.7 Å². The lowest BCUT2D eigenvalue weighted by Crippen LogP contribution is -2.38. The van der Waals surface area contributed by atoms with E-state index < -0.39 is 0 Å². The van der Waals surface area contributed by atoms with Crippen molar-refractivity contribution in [2.45, 2.75) is 38.3 Å². The van der Waals surface area contributed by atoms with Crippen LogP contribution in [0.1, 0.15) is 36.4 Å². The van der Waals surface area contributed by atoms with E-state index in [1.54, 1.807) is 18.5 Å². The van der Waals surface area contributed by atoms with Gasteiger partial charge in [-0.15, -0.1) is 0 Å². The highest BCUT2D eigenvalue weighted by Crippen LogP contribution is 2.27. The summed E-state index contributed by atoms with van der Waals surface area (Å²) in [5, 5.41) is 15.1. The van der Waals surface area contributed by atoms with Crippen LogP contribution in [-0.2, 0) is 13.0 Å². The van der Waals surface area contributed by atoms with Gasteiger partial charge >= 0.3 is 0 Å². The molecule has 0 aliphatic carbocycles. The number of piperidine rings is 1. The van der Waals surface area contributed by atoms with Crippen LogP contribution < -0.4 is 0 Å². The highest BCUT2D eigenvalue weighted by Gasteiger charge is 2.24. The zero-order valence-electron chi connectivity index (χ0n) is 21.4. The number of halogens is 1. The van der Waals surface area contributed by atoms with E-state index in [9.17, 15) is 9.65 Å². The summed E-state index contributed by atoms with van der Waals surface area (Å²) in [6, 6.07) is 9.73.